The Kier molecular flexibility index (Phi) is 2.69. The van der Waals surface area contributed by atoms with Crippen molar-refractivity contribution in [1.29, 1.82) is 0 Å². The van der Waals surface area contributed by atoms with Crippen LogP contribution in [-0.2, 0) is 0 Å². The number of rotatable bonds is 0. The highest BCUT2D eigenvalue weighted by Gasteiger charge is 2.42. The second kappa shape index (κ2) is 2.83. The molecule has 0 spiro atoms. The van der Waals surface area contributed by atoms with Crippen LogP contribution in [0.4, 0.5) is 13.2 Å². The molecule has 0 rings (SSSR count). The maximum atomic E-state index is 12.1. The van der Waals surface area contributed by atoms with E-state index in [0.29, 0.717) is 0 Å². The zero-order valence-electron chi connectivity index (χ0n) is 7.08. The van der Waals surface area contributed by atoms with Crippen molar-refractivity contribution in [2.24, 2.45) is 10.4 Å². The summed E-state index contributed by atoms with van der Waals surface area (Å²) in [4.78, 5) is 3.22. The van der Waals surface area contributed by atoms with Gasteiger partial charge >= 0.3 is 6.18 Å². The van der Waals surface area contributed by atoms with Gasteiger partial charge in [-0.05, 0) is 0 Å². The summed E-state index contributed by atoms with van der Waals surface area (Å²) in [5.41, 5.74) is -1.64. The van der Waals surface area contributed by atoms with Crippen LogP contribution < -0.4 is 0 Å². The summed E-state index contributed by atoms with van der Waals surface area (Å²) < 4.78 is 36.3. The number of alkyl halides is 3. The smallest absolute Gasteiger partial charge is 0.288 e. The summed E-state index contributed by atoms with van der Waals surface area (Å²) in [6, 6.07) is 0. The lowest BCUT2D eigenvalue weighted by molar-refractivity contribution is -0.0652. The molecule has 0 saturated heterocycles. The molecule has 0 aliphatic heterocycles. The molecule has 0 amide bonds. The Balaban J connectivity index is 4.74. The third-order valence-corrected chi connectivity index (χ3v) is 1.20. The molecule has 1 nitrogen and oxygen atoms in total. The predicted octanol–water partition coefficient (Wildman–Crippen LogP) is 2.67. The average molecular weight is 167 g/mol. The summed E-state index contributed by atoms with van der Waals surface area (Å²) in [5.74, 6) is 0. The lowest BCUT2D eigenvalue weighted by atomic mass is 9.89. The van der Waals surface area contributed by atoms with Crippen LogP contribution in [-0.4, -0.2) is 18.9 Å². The standard InChI is InChI=1S/C7H12F3N/c1-6(2,3)5(11-4)7(8,9)10/h1-4H3. The largest absolute Gasteiger partial charge is 0.429 e. The summed E-state index contributed by atoms with van der Waals surface area (Å²) >= 11 is 0. The Hall–Kier alpha value is -0.540. The SMILES string of the molecule is CN=C(C(C)(C)C)C(F)(F)F. The van der Waals surface area contributed by atoms with Crippen LogP contribution in [0, 0.1) is 5.41 Å². The van der Waals surface area contributed by atoms with Gasteiger partial charge in [0.1, 0.15) is 5.71 Å². The monoisotopic (exact) mass is 167 g/mol. The molecule has 0 atom stereocenters. The second-order valence-electron chi connectivity index (χ2n) is 3.32. The molecule has 0 aromatic carbocycles. The lowest BCUT2D eigenvalue weighted by Crippen LogP contribution is -2.34. The normalized spacial score (nSPS) is 15.4. The molecule has 11 heavy (non-hydrogen) atoms. The summed E-state index contributed by atoms with van der Waals surface area (Å²) in [6.45, 7) is 4.47. The fourth-order valence-corrected chi connectivity index (χ4v) is 0.887. The minimum absolute atomic E-state index is 0.718. The van der Waals surface area contributed by atoms with Gasteiger partial charge in [-0.25, -0.2) is 0 Å². The van der Waals surface area contributed by atoms with E-state index >= 15 is 0 Å². The first-order valence-electron chi connectivity index (χ1n) is 3.24. The van der Waals surface area contributed by atoms with Crippen molar-refractivity contribution in [1.82, 2.24) is 0 Å². The Morgan fingerprint density at radius 1 is 1.09 bits per heavy atom. The van der Waals surface area contributed by atoms with Crippen molar-refractivity contribution in [3.05, 3.63) is 0 Å². The Bertz CT molecular complexity index is 146. The van der Waals surface area contributed by atoms with E-state index < -0.39 is 17.3 Å². The molecule has 0 bridgehead atoms. The molecule has 0 fully saturated rings. The van der Waals surface area contributed by atoms with Crippen molar-refractivity contribution in [3.8, 4) is 0 Å². The van der Waals surface area contributed by atoms with Gasteiger partial charge in [-0.3, -0.25) is 4.99 Å². The molecule has 0 aliphatic rings. The van der Waals surface area contributed by atoms with Crippen molar-refractivity contribution >= 4 is 5.71 Å². The van der Waals surface area contributed by atoms with Gasteiger partial charge in [0, 0.05) is 12.5 Å². The average Bonchev–Trinajstić information content (AvgIpc) is 1.56. The number of hydrogen-bond donors (Lipinski definition) is 0. The molecule has 0 heterocycles. The van der Waals surface area contributed by atoms with Crippen LogP contribution in [0.1, 0.15) is 20.8 Å². The number of halogens is 3. The highest BCUT2D eigenvalue weighted by Crippen LogP contribution is 2.29. The fraction of sp³-hybridized carbons (Fsp3) is 0.857. The summed E-state index contributed by atoms with van der Waals surface area (Å²) in [7, 11) is 1.16. The molecule has 0 aromatic heterocycles. The molecule has 0 aliphatic carbocycles. The van der Waals surface area contributed by atoms with Gasteiger partial charge in [0.05, 0.1) is 0 Å². The Morgan fingerprint density at radius 3 is 1.45 bits per heavy atom. The molecule has 0 N–H and O–H groups in total. The van der Waals surface area contributed by atoms with E-state index in [-0.39, 0.29) is 0 Å². The van der Waals surface area contributed by atoms with Gasteiger partial charge in [-0.15, -0.1) is 0 Å². The van der Waals surface area contributed by atoms with Crippen molar-refractivity contribution in [2.45, 2.75) is 26.9 Å². The highest BCUT2D eigenvalue weighted by atomic mass is 19.4. The zero-order chi connectivity index (χ0) is 9.28. The highest BCUT2D eigenvalue weighted by molar-refractivity contribution is 5.93. The van der Waals surface area contributed by atoms with Crippen LogP contribution in [0.5, 0.6) is 0 Å². The van der Waals surface area contributed by atoms with Crippen LogP contribution in [0.15, 0.2) is 4.99 Å². The van der Waals surface area contributed by atoms with E-state index in [0.717, 1.165) is 7.05 Å². The topological polar surface area (TPSA) is 12.4 Å². The molecule has 0 radical (unpaired) electrons. The van der Waals surface area contributed by atoms with E-state index in [4.69, 9.17) is 0 Å². The molecule has 0 unspecified atom stereocenters. The van der Waals surface area contributed by atoms with Gasteiger partial charge in [0.25, 0.3) is 0 Å². The van der Waals surface area contributed by atoms with Gasteiger partial charge in [-0.2, -0.15) is 13.2 Å². The first-order valence-corrected chi connectivity index (χ1v) is 3.24. The second-order valence-corrected chi connectivity index (χ2v) is 3.32. The van der Waals surface area contributed by atoms with Gasteiger partial charge in [0.2, 0.25) is 0 Å². The maximum absolute atomic E-state index is 12.1. The maximum Gasteiger partial charge on any atom is 0.429 e. The summed E-state index contributed by atoms with van der Waals surface area (Å²) in [5, 5.41) is 0. The molecular weight excluding hydrogens is 155 g/mol. The Morgan fingerprint density at radius 2 is 1.45 bits per heavy atom. The third kappa shape index (κ3) is 2.91. The third-order valence-electron chi connectivity index (χ3n) is 1.20. The Labute approximate surface area is 64.3 Å². The lowest BCUT2D eigenvalue weighted by Gasteiger charge is -2.22. The van der Waals surface area contributed by atoms with Gasteiger partial charge in [-0.1, -0.05) is 20.8 Å². The molecule has 0 aromatic rings. The van der Waals surface area contributed by atoms with Crippen LogP contribution in [0.25, 0.3) is 0 Å². The van der Waals surface area contributed by atoms with E-state index in [9.17, 15) is 13.2 Å². The number of hydrogen-bond acceptors (Lipinski definition) is 1. The first-order chi connectivity index (χ1) is 4.69. The number of nitrogens with zero attached hydrogens (tertiary/aromatic N) is 1. The number of aliphatic imine (C=N–C) groups is 1. The quantitative estimate of drug-likeness (QED) is 0.492. The van der Waals surface area contributed by atoms with E-state index in [1.54, 1.807) is 0 Å². The van der Waals surface area contributed by atoms with E-state index in [1.165, 1.54) is 20.8 Å². The van der Waals surface area contributed by atoms with Crippen LogP contribution in [0.2, 0.25) is 0 Å². The van der Waals surface area contributed by atoms with Crippen molar-refractivity contribution in [3.63, 3.8) is 0 Å². The van der Waals surface area contributed by atoms with Crippen molar-refractivity contribution < 1.29 is 13.2 Å². The first kappa shape index (κ1) is 10.5. The minimum Gasteiger partial charge on any atom is -0.288 e. The van der Waals surface area contributed by atoms with Crippen molar-refractivity contribution in [2.75, 3.05) is 7.05 Å². The van der Waals surface area contributed by atoms with Crippen LogP contribution in [0.3, 0.4) is 0 Å². The van der Waals surface area contributed by atoms with Gasteiger partial charge in [0.15, 0.2) is 0 Å². The minimum atomic E-state index is -4.30. The fourth-order valence-electron chi connectivity index (χ4n) is 0.887. The van der Waals surface area contributed by atoms with Gasteiger partial charge < -0.3 is 0 Å². The molecular formula is C7H12F3N. The van der Waals surface area contributed by atoms with E-state index in [2.05, 4.69) is 4.99 Å². The van der Waals surface area contributed by atoms with E-state index in [1.807, 2.05) is 0 Å². The molecule has 4 heteroatoms. The van der Waals surface area contributed by atoms with Crippen LogP contribution >= 0.6 is 0 Å². The zero-order valence-corrected chi connectivity index (χ0v) is 7.08. The summed E-state index contributed by atoms with van der Waals surface area (Å²) in [6.07, 6.45) is -4.30. The predicted molar refractivity (Wildman–Crippen MR) is 38.9 cm³/mol. The molecule has 0 saturated carbocycles. The molecule has 66 valence electrons.